The molecule has 3 nitrogen and oxygen atoms in total. The van der Waals surface area contributed by atoms with Crippen LogP contribution in [0.15, 0.2) is 16.9 Å². The molecule has 0 bridgehead atoms. The maximum atomic E-state index is 12.1. The summed E-state index contributed by atoms with van der Waals surface area (Å²) in [7, 11) is 1.86. The molecule has 0 unspecified atom stereocenters. The molecule has 3 heteroatoms. The molecule has 0 aliphatic heterocycles. The molecule has 0 radical (unpaired) electrons. The minimum atomic E-state index is 0.148. The number of nitrogens with one attached hydrogen (secondary N) is 1. The lowest BCUT2D eigenvalue weighted by molar-refractivity contribution is 0.499. The molecular formula is C13H22N2O. The molecule has 0 aromatic carbocycles. The normalized spacial score (nSPS) is 11.1. The Balaban J connectivity index is 2.97. The smallest absolute Gasteiger partial charge is 0.255 e. The van der Waals surface area contributed by atoms with E-state index in [0.29, 0.717) is 12.5 Å². The van der Waals surface area contributed by atoms with E-state index in [0.717, 1.165) is 24.2 Å². The summed E-state index contributed by atoms with van der Waals surface area (Å²) in [4.78, 5) is 12.1. The topological polar surface area (TPSA) is 34.0 Å². The van der Waals surface area contributed by atoms with Gasteiger partial charge in [0.25, 0.3) is 5.56 Å². The first-order chi connectivity index (χ1) is 7.56. The van der Waals surface area contributed by atoms with Crippen molar-refractivity contribution in [1.82, 2.24) is 9.88 Å². The van der Waals surface area contributed by atoms with Crippen molar-refractivity contribution in [3.63, 3.8) is 0 Å². The van der Waals surface area contributed by atoms with Gasteiger partial charge < -0.3 is 9.88 Å². The van der Waals surface area contributed by atoms with Gasteiger partial charge in [-0.1, -0.05) is 19.9 Å². The molecule has 1 N–H and O–H groups in total. The van der Waals surface area contributed by atoms with Crippen molar-refractivity contribution < 1.29 is 0 Å². The summed E-state index contributed by atoms with van der Waals surface area (Å²) in [6, 6.07) is 3.94. The lowest BCUT2D eigenvalue weighted by Gasteiger charge is -2.13. The van der Waals surface area contributed by atoms with Gasteiger partial charge in [-0.25, -0.2) is 0 Å². The minimum absolute atomic E-state index is 0.148. The molecular weight excluding hydrogens is 200 g/mol. The lowest BCUT2D eigenvalue weighted by Crippen LogP contribution is -2.28. The van der Waals surface area contributed by atoms with E-state index in [1.54, 1.807) is 0 Å². The van der Waals surface area contributed by atoms with Gasteiger partial charge in [0.2, 0.25) is 0 Å². The SMILES string of the molecule is CNCc1ccc(C)n(CCC(C)C)c1=O. The molecule has 0 saturated heterocycles. The van der Waals surface area contributed by atoms with E-state index in [1.807, 2.05) is 30.7 Å². The molecule has 0 aliphatic rings. The molecule has 0 aliphatic carbocycles. The van der Waals surface area contributed by atoms with Gasteiger partial charge in [-0.05, 0) is 32.4 Å². The van der Waals surface area contributed by atoms with Gasteiger partial charge in [0.15, 0.2) is 0 Å². The van der Waals surface area contributed by atoms with Crippen molar-refractivity contribution >= 4 is 0 Å². The van der Waals surface area contributed by atoms with Crippen molar-refractivity contribution in [3.05, 3.63) is 33.7 Å². The Kier molecular flexibility index (Phi) is 4.74. The average Bonchev–Trinajstić information content (AvgIpc) is 2.22. The lowest BCUT2D eigenvalue weighted by atomic mass is 10.1. The zero-order chi connectivity index (χ0) is 12.1. The Morgan fingerprint density at radius 1 is 1.38 bits per heavy atom. The van der Waals surface area contributed by atoms with E-state index in [4.69, 9.17) is 0 Å². The van der Waals surface area contributed by atoms with Gasteiger partial charge in [0.1, 0.15) is 0 Å². The second-order valence-electron chi connectivity index (χ2n) is 4.67. The van der Waals surface area contributed by atoms with Crippen LogP contribution in [0.2, 0.25) is 0 Å². The molecule has 0 amide bonds. The van der Waals surface area contributed by atoms with Crippen LogP contribution in [0, 0.1) is 12.8 Å². The molecule has 0 atom stereocenters. The van der Waals surface area contributed by atoms with Crippen LogP contribution in [0.1, 0.15) is 31.5 Å². The fourth-order valence-corrected chi connectivity index (χ4v) is 1.71. The summed E-state index contributed by atoms with van der Waals surface area (Å²) in [5, 5.41) is 3.02. The summed E-state index contributed by atoms with van der Waals surface area (Å²) < 4.78 is 1.88. The second-order valence-corrected chi connectivity index (χ2v) is 4.67. The Morgan fingerprint density at radius 2 is 2.06 bits per heavy atom. The number of nitrogens with zero attached hydrogens (tertiary/aromatic N) is 1. The maximum absolute atomic E-state index is 12.1. The monoisotopic (exact) mass is 222 g/mol. The van der Waals surface area contributed by atoms with Crippen LogP contribution < -0.4 is 10.9 Å². The Morgan fingerprint density at radius 3 is 2.62 bits per heavy atom. The highest BCUT2D eigenvalue weighted by atomic mass is 16.1. The van der Waals surface area contributed by atoms with Crippen LogP contribution in [0.25, 0.3) is 0 Å². The standard InChI is InChI=1S/C13H22N2O/c1-10(2)7-8-15-11(3)5-6-12(9-14-4)13(15)16/h5-6,10,14H,7-9H2,1-4H3. The predicted molar refractivity (Wildman–Crippen MR) is 67.7 cm³/mol. The highest BCUT2D eigenvalue weighted by Crippen LogP contribution is 2.04. The molecule has 16 heavy (non-hydrogen) atoms. The van der Waals surface area contributed by atoms with Gasteiger partial charge in [0.05, 0.1) is 0 Å². The molecule has 90 valence electrons. The van der Waals surface area contributed by atoms with Crippen LogP contribution >= 0.6 is 0 Å². The summed E-state index contributed by atoms with van der Waals surface area (Å²) in [6.07, 6.45) is 1.05. The van der Waals surface area contributed by atoms with Gasteiger partial charge in [-0.15, -0.1) is 0 Å². The fraction of sp³-hybridized carbons (Fsp3) is 0.615. The molecule has 0 fully saturated rings. The van der Waals surface area contributed by atoms with Gasteiger partial charge >= 0.3 is 0 Å². The number of hydrogen-bond acceptors (Lipinski definition) is 2. The van der Waals surface area contributed by atoms with Gasteiger partial charge in [-0.3, -0.25) is 4.79 Å². The third-order valence-electron chi connectivity index (χ3n) is 2.77. The maximum Gasteiger partial charge on any atom is 0.255 e. The van der Waals surface area contributed by atoms with Crippen LogP contribution in [0.3, 0.4) is 0 Å². The average molecular weight is 222 g/mol. The first kappa shape index (κ1) is 13.0. The van der Waals surface area contributed by atoms with E-state index in [1.165, 1.54) is 0 Å². The van der Waals surface area contributed by atoms with Crippen molar-refractivity contribution in [2.75, 3.05) is 7.05 Å². The van der Waals surface area contributed by atoms with Crippen LogP contribution in [0.4, 0.5) is 0 Å². The van der Waals surface area contributed by atoms with E-state index < -0.39 is 0 Å². The number of rotatable bonds is 5. The number of aromatic nitrogens is 1. The van der Waals surface area contributed by atoms with Crippen LogP contribution in [0.5, 0.6) is 0 Å². The summed E-state index contributed by atoms with van der Waals surface area (Å²) in [5.74, 6) is 0.624. The summed E-state index contributed by atoms with van der Waals surface area (Å²) >= 11 is 0. The minimum Gasteiger partial charge on any atom is -0.315 e. The van der Waals surface area contributed by atoms with Gasteiger partial charge in [-0.2, -0.15) is 0 Å². The Bertz CT molecular complexity index is 393. The first-order valence-electron chi connectivity index (χ1n) is 5.90. The van der Waals surface area contributed by atoms with Crippen LogP contribution in [-0.2, 0) is 13.1 Å². The number of pyridine rings is 1. The van der Waals surface area contributed by atoms with Crippen molar-refractivity contribution in [1.29, 1.82) is 0 Å². The zero-order valence-corrected chi connectivity index (χ0v) is 10.7. The zero-order valence-electron chi connectivity index (χ0n) is 10.7. The summed E-state index contributed by atoms with van der Waals surface area (Å²) in [5.41, 5.74) is 2.04. The van der Waals surface area contributed by atoms with Gasteiger partial charge in [0, 0.05) is 24.3 Å². The third kappa shape index (κ3) is 3.20. The van der Waals surface area contributed by atoms with Crippen molar-refractivity contribution in [2.24, 2.45) is 5.92 Å². The predicted octanol–water partition coefficient (Wildman–Crippen LogP) is 1.92. The quantitative estimate of drug-likeness (QED) is 0.826. The molecule has 1 aromatic heterocycles. The largest absolute Gasteiger partial charge is 0.315 e. The molecule has 1 aromatic rings. The highest BCUT2D eigenvalue weighted by Gasteiger charge is 2.06. The fourth-order valence-electron chi connectivity index (χ4n) is 1.71. The van der Waals surface area contributed by atoms with Crippen molar-refractivity contribution in [2.45, 2.75) is 40.3 Å². The third-order valence-corrected chi connectivity index (χ3v) is 2.77. The van der Waals surface area contributed by atoms with E-state index in [-0.39, 0.29) is 5.56 Å². The molecule has 0 saturated carbocycles. The van der Waals surface area contributed by atoms with Crippen molar-refractivity contribution in [3.8, 4) is 0 Å². The highest BCUT2D eigenvalue weighted by molar-refractivity contribution is 5.15. The van der Waals surface area contributed by atoms with E-state index in [2.05, 4.69) is 19.2 Å². The molecule has 1 rings (SSSR count). The molecule has 0 spiro atoms. The van der Waals surface area contributed by atoms with Crippen LogP contribution in [-0.4, -0.2) is 11.6 Å². The van der Waals surface area contributed by atoms with E-state index >= 15 is 0 Å². The Labute approximate surface area is 97.5 Å². The number of aryl methyl sites for hydroxylation is 1. The Hall–Kier alpha value is -1.09. The van der Waals surface area contributed by atoms with E-state index in [9.17, 15) is 4.79 Å². The second kappa shape index (κ2) is 5.85. The summed E-state index contributed by atoms with van der Waals surface area (Å²) in [6.45, 7) is 7.81. The number of hydrogen-bond donors (Lipinski definition) is 1. The first-order valence-corrected chi connectivity index (χ1v) is 5.90. The molecule has 1 heterocycles.